The van der Waals surface area contributed by atoms with Gasteiger partial charge in [-0.05, 0) is 49.9 Å². The number of hydrogen-bond acceptors (Lipinski definition) is 8. The Hall–Kier alpha value is -4.83. The van der Waals surface area contributed by atoms with Gasteiger partial charge in [-0.3, -0.25) is 9.99 Å². The predicted octanol–water partition coefficient (Wildman–Crippen LogP) is 6.65. The number of benzene rings is 2. The highest BCUT2D eigenvalue weighted by Gasteiger charge is 2.33. The minimum absolute atomic E-state index is 0.184. The summed E-state index contributed by atoms with van der Waals surface area (Å²) in [5.41, 5.74) is 10.5. The summed E-state index contributed by atoms with van der Waals surface area (Å²) in [7, 11) is 0. The molecule has 4 aromatic rings. The number of aromatic nitrogens is 2. The number of nitrogens with zero attached hydrogens (tertiary/aromatic N) is 4. The third-order valence-corrected chi connectivity index (χ3v) is 7.82. The second kappa shape index (κ2) is 12.2. The van der Waals surface area contributed by atoms with E-state index in [0.717, 1.165) is 18.4 Å². The van der Waals surface area contributed by atoms with Gasteiger partial charge < -0.3 is 16.1 Å². The van der Waals surface area contributed by atoms with E-state index in [9.17, 15) is 11.0 Å². The normalized spacial score (nSPS) is 16.7. The van der Waals surface area contributed by atoms with Crippen LogP contribution in [0.1, 0.15) is 61.5 Å². The second-order valence-corrected chi connectivity index (χ2v) is 11.0. The summed E-state index contributed by atoms with van der Waals surface area (Å²) < 4.78 is 23.8. The molecule has 43 heavy (non-hydrogen) atoms. The van der Waals surface area contributed by atoms with Crippen LogP contribution in [0.5, 0.6) is 0 Å². The molecule has 2 aromatic heterocycles. The summed E-state index contributed by atoms with van der Waals surface area (Å²) in [4.78, 5) is 8.49. The van der Waals surface area contributed by atoms with E-state index in [1.54, 1.807) is 19.1 Å². The molecule has 0 radical (unpaired) electrons. The van der Waals surface area contributed by atoms with E-state index in [-0.39, 0.29) is 6.04 Å². The van der Waals surface area contributed by atoms with Crippen molar-refractivity contribution in [3.8, 4) is 18.4 Å². The van der Waals surface area contributed by atoms with Crippen LogP contribution in [0, 0.1) is 36.5 Å². The first kappa shape index (κ1) is 27.0. The van der Waals surface area contributed by atoms with Gasteiger partial charge in [0, 0.05) is 47.2 Å². The topological polar surface area (TPSA) is 101 Å². The zero-order chi connectivity index (χ0) is 30.8. The Bertz CT molecular complexity index is 1830. The number of hydrazine groups is 2. The molecular formula is C33H30ClFN8. The molecule has 10 heteroatoms. The van der Waals surface area contributed by atoms with Crippen molar-refractivity contribution in [3.63, 3.8) is 0 Å². The molecule has 4 N–H and O–H groups in total. The van der Waals surface area contributed by atoms with Crippen LogP contribution >= 0.6 is 11.6 Å². The number of fused-ring (bicyclic) bond motifs is 1. The smallest absolute Gasteiger partial charge is 0.213 e. The van der Waals surface area contributed by atoms with Gasteiger partial charge in [-0.25, -0.2) is 4.98 Å². The van der Waals surface area contributed by atoms with Crippen molar-refractivity contribution >= 4 is 33.9 Å². The zero-order valence-electron chi connectivity index (χ0n) is 24.5. The van der Waals surface area contributed by atoms with E-state index >= 15 is 0 Å². The molecule has 0 spiro atoms. The van der Waals surface area contributed by atoms with Crippen molar-refractivity contribution in [1.29, 1.82) is 5.26 Å². The number of nitrogens with one attached hydrogen (secondary N) is 4. The van der Waals surface area contributed by atoms with E-state index in [2.05, 4.69) is 43.6 Å². The second-order valence-electron chi connectivity index (χ2n) is 10.5. The largest absolute Gasteiger partial charge is 0.377 e. The molecule has 6 rings (SSSR count). The molecule has 1 saturated carbocycles. The van der Waals surface area contributed by atoms with Gasteiger partial charge in [-0.15, -0.1) is 17.9 Å². The number of halogens is 2. The minimum atomic E-state index is -1.62. The molecule has 3 heterocycles. The van der Waals surface area contributed by atoms with Crippen LogP contribution in [-0.2, 0) is 0 Å². The first-order valence-electron chi connectivity index (χ1n) is 14.5. The molecule has 2 aliphatic rings. The molecular weight excluding hydrogens is 563 g/mol. The molecule has 0 bridgehead atoms. The van der Waals surface area contributed by atoms with Crippen molar-refractivity contribution in [2.75, 3.05) is 10.6 Å². The summed E-state index contributed by atoms with van der Waals surface area (Å²) in [6, 6.07) is 17.0. The Balaban J connectivity index is 1.46. The molecule has 1 aliphatic heterocycles. The quantitative estimate of drug-likeness (QED) is 0.120. The van der Waals surface area contributed by atoms with Crippen molar-refractivity contribution < 1.29 is 5.76 Å². The maximum Gasteiger partial charge on any atom is 0.213 e. The van der Waals surface area contributed by atoms with Gasteiger partial charge in [0.15, 0.2) is 0 Å². The highest BCUT2D eigenvalue weighted by molar-refractivity contribution is 6.35. The van der Waals surface area contributed by atoms with Crippen LogP contribution in [0.25, 0.3) is 10.9 Å². The number of pyridine rings is 2. The number of hydrogen-bond donors (Lipinski definition) is 4. The fourth-order valence-electron chi connectivity index (χ4n) is 5.21. The number of nitriles is 1. The van der Waals surface area contributed by atoms with Crippen molar-refractivity contribution in [2.24, 2.45) is 0 Å². The summed E-state index contributed by atoms with van der Waals surface area (Å²) >= 11 is 6.81. The number of anilines is 2. The summed E-state index contributed by atoms with van der Waals surface area (Å²) in [6.45, 7) is 1.67. The van der Waals surface area contributed by atoms with Crippen LogP contribution < -0.4 is 21.6 Å². The van der Waals surface area contributed by atoms with Crippen molar-refractivity contribution in [2.45, 2.75) is 50.7 Å². The Labute approximate surface area is 256 Å². The fourth-order valence-corrected chi connectivity index (χ4v) is 5.47. The van der Waals surface area contributed by atoms with Gasteiger partial charge in [-0.1, -0.05) is 48.0 Å². The maximum absolute atomic E-state index is 14.1. The van der Waals surface area contributed by atoms with Gasteiger partial charge in [-0.2, -0.15) is 9.65 Å². The minimum Gasteiger partial charge on any atom is -0.377 e. The highest BCUT2D eigenvalue weighted by atomic mass is 35.5. The summed E-state index contributed by atoms with van der Waals surface area (Å²) in [5, 5.41) is 19.8. The van der Waals surface area contributed by atoms with Gasteiger partial charge in [0.05, 0.1) is 40.9 Å². The SMILES string of the molecule is [2H][C@@](Nc1cc(Cl)c2ncc(C#N)c(N[C@H](CCC#C)c3ccccc3)c2c1)(C1=CN(C2CC2)NN1)c1ccc(F)nc1C. The Morgan fingerprint density at radius 1 is 1.23 bits per heavy atom. The average Bonchev–Trinajstić information content (AvgIpc) is 3.74. The standard InChI is InChI=1S/C33H30ClFN8/c1-3-4-10-28(21-8-6-5-7-9-21)40-31-22(17-36)18-37-32-26(31)15-23(16-27(32)34)39-33(25-13-14-30(35)38-20(25)2)29-19-43(42-41-29)24-11-12-24/h1,5-9,13-16,18-19,24,28,33,39,41-42H,4,10-12H2,2H3,(H,37,40)/t28-,33+/m1/s1/i33D. The third-order valence-electron chi connectivity index (χ3n) is 7.53. The van der Waals surface area contributed by atoms with Crippen molar-refractivity contribution in [3.05, 3.63) is 106 Å². The molecule has 0 saturated heterocycles. The molecule has 0 amide bonds. The van der Waals surface area contributed by atoms with Gasteiger partial charge in [0.2, 0.25) is 5.95 Å². The van der Waals surface area contributed by atoms with Crippen molar-refractivity contribution in [1.82, 2.24) is 25.9 Å². The number of rotatable bonds is 10. The van der Waals surface area contributed by atoms with Crippen LogP contribution in [0.2, 0.25) is 5.02 Å². The lowest BCUT2D eigenvalue weighted by atomic mass is 9.99. The highest BCUT2D eigenvalue weighted by Crippen LogP contribution is 2.38. The number of terminal acetylenes is 1. The molecule has 1 aliphatic carbocycles. The lowest BCUT2D eigenvalue weighted by Crippen LogP contribution is -2.38. The molecule has 216 valence electrons. The Morgan fingerprint density at radius 2 is 2.05 bits per heavy atom. The predicted molar refractivity (Wildman–Crippen MR) is 167 cm³/mol. The molecule has 0 unspecified atom stereocenters. The molecule has 2 aromatic carbocycles. The van der Waals surface area contributed by atoms with Gasteiger partial charge in [0.25, 0.3) is 0 Å². The van der Waals surface area contributed by atoms with Crippen LogP contribution in [0.3, 0.4) is 0 Å². The summed E-state index contributed by atoms with van der Waals surface area (Å²) in [5.74, 6) is 2.08. The van der Waals surface area contributed by atoms with E-state index in [4.69, 9.17) is 18.0 Å². The van der Waals surface area contributed by atoms with E-state index in [1.807, 2.05) is 47.6 Å². The molecule has 2 atom stereocenters. The first-order chi connectivity index (χ1) is 21.3. The fraction of sp³-hybridized carbons (Fsp3) is 0.242. The van der Waals surface area contributed by atoms with E-state index in [0.29, 0.717) is 68.7 Å². The lowest BCUT2D eigenvalue weighted by molar-refractivity contribution is 0.260. The van der Waals surface area contributed by atoms with E-state index in [1.165, 1.54) is 12.3 Å². The van der Waals surface area contributed by atoms with Crippen LogP contribution in [0.4, 0.5) is 15.8 Å². The average molecular weight is 594 g/mol. The van der Waals surface area contributed by atoms with Crippen LogP contribution in [0.15, 0.2) is 72.7 Å². The maximum atomic E-state index is 14.1. The van der Waals surface area contributed by atoms with Gasteiger partial charge in [0.1, 0.15) is 6.07 Å². The zero-order valence-corrected chi connectivity index (χ0v) is 24.2. The third kappa shape index (κ3) is 6.05. The Morgan fingerprint density at radius 3 is 2.77 bits per heavy atom. The first-order valence-corrected chi connectivity index (χ1v) is 14.4. The Kier molecular flexibility index (Phi) is 7.66. The number of aryl methyl sites for hydroxylation is 1. The van der Waals surface area contributed by atoms with E-state index < -0.39 is 12.0 Å². The lowest BCUT2D eigenvalue weighted by Gasteiger charge is -2.24. The monoisotopic (exact) mass is 593 g/mol. The molecule has 8 nitrogen and oxygen atoms in total. The van der Waals surface area contributed by atoms with Gasteiger partial charge >= 0.3 is 0 Å². The summed E-state index contributed by atoms with van der Waals surface area (Å²) in [6.07, 6.45) is 12.2. The molecule has 1 fully saturated rings. The van der Waals surface area contributed by atoms with Crippen LogP contribution in [-0.4, -0.2) is 21.0 Å².